The van der Waals surface area contributed by atoms with Gasteiger partial charge in [0, 0.05) is 11.1 Å². The molecule has 1 aromatic rings. The molecule has 1 aliphatic rings. The van der Waals surface area contributed by atoms with Gasteiger partial charge in [-0.25, -0.2) is 4.39 Å². The van der Waals surface area contributed by atoms with Crippen molar-refractivity contribution in [2.45, 2.75) is 18.4 Å². The highest BCUT2D eigenvalue weighted by molar-refractivity contribution is 6.30. The molecule has 1 aromatic carbocycles. The predicted octanol–water partition coefficient (Wildman–Crippen LogP) is 2.85. The highest BCUT2D eigenvalue weighted by Crippen LogP contribution is 2.44. The van der Waals surface area contributed by atoms with Gasteiger partial charge in [0.05, 0.1) is 5.02 Å². The third-order valence-electron chi connectivity index (χ3n) is 2.28. The SMILES string of the molecule is Cl.NC1(c2cccc(Cl)c2F)CC1. The fourth-order valence-corrected chi connectivity index (χ4v) is 1.47. The Morgan fingerprint density at radius 2 is 2.00 bits per heavy atom. The van der Waals surface area contributed by atoms with E-state index in [1.165, 1.54) is 6.07 Å². The zero-order valence-corrected chi connectivity index (χ0v) is 8.46. The van der Waals surface area contributed by atoms with Crippen molar-refractivity contribution in [2.24, 2.45) is 5.73 Å². The highest BCUT2D eigenvalue weighted by Gasteiger charge is 2.42. The van der Waals surface area contributed by atoms with Gasteiger partial charge in [-0.15, -0.1) is 12.4 Å². The van der Waals surface area contributed by atoms with E-state index in [1.807, 2.05) is 0 Å². The van der Waals surface area contributed by atoms with Gasteiger partial charge in [-0.1, -0.05) is 23.7 Å². The molecule has 1 saturated carbocycles. The second-order valence-corrected chi connectivity index (χ2v) is 3.66. The lowest BCUT2D eigenvalue weighted by atomic mass is 10.1. The van der Waals surface area contributed by atoms with Crippen molar-refractivity contribution in [3.05, 3.63) is 34.6 Å². The molecular formula is C9H10Cl2FN. The monoisotopic (exact) mass is 221 g/mol. The molecule has 4 heteroatoms. The Kier molecular flexibility index (Phi) is 2.85. The molecule has 0 aliphatic heterocycles. The first-order valence-corrected chi connectivity index (χ1v) is 4.25. The molecule has 0 heterocycles. The average Bonchev–Trinajstić information content (AvgIpc) is 2.75. The third kappa shape index (κ3) is 1.80. The van der Waals surface area contributed by atoms with Crippen LogP contribution in [0.25, 0.3) is 0 Å². The van der Waals surface area contributed by atoms with Crippen molar-refractivity contribution in [3.63, 3.8) is 0 Å². The first kappa shape index (κ1) is 10.8. The zero-order valence-electron chi connectivity index (χ0n) is 6.89. The van der Waals surface area contributed by atoms with Gasteiger partial charge in [0.15, 0.2) is 0 Å². The molecule has 1 nitrogen and oxygen atoms in total. The molecule has 1 fully saturated rings. The largest absolute Gasteiger partial charge is 0.321 e. The third-order valence-corrected chi connectivity index (χ3v) is 2.57. The van der Waals surface area contributed by atoms with E-state index in [0.717, 1.165) is 12.8 Å². The molecular weight excluding hydrogens is 212 g/mol. The number of nitrogens with two attached hydrogens (primary N) is 1. The number of benzene rings is 1. The smallest absolute Gasteiger partial charge is 0.146 e. The van der Waals surface area contributed by atoms with E-state index >= 15 is 0 Å². The Labute approximate surface area is 87.5 Å². The predicted molar refractivity (Wildman–Crippen MR) is 53.8 cm³/mol. The lowest BCUT2D eigenvalue weighted by molar-refractivity contribution is 0.578. The summed E-state index contributed by atoms with van der Waals surface area (Å²) in [5, 5.41) is 0.157. The highest BCUT2D eigenvalue weighted by atomic mass is 35.5. The van der Waals surface area contributed by atoms with Gasteiger partial charge in [-0.3, -0.25) is 0 Å². The van der Waals surface area contributed by atoms with Gasteiger partial charge in [-0.05, 0) is 18.9 Å². The maximum Gasteiger partial charge on any atom is 0.146 e. The summed E-state index contributed by atoms with van der Waals surface area (Å²) < 4.78 is 13.3. The summed E-state index contributed by atoms with van der Waals surface area (Å²) >= 11 is 5.62. The van der Waals surface area contributed by atoms with Crippen molar-refractivity contribution in [3.8, 4) is 0 Å². The quantitative estimate of drug-likeness (QED) is 0.776. The summed E-state index contributed by atoms with van der Waals surface area (Å²) in [7, 11) is 0. The molecule has 1 aliphatic carbocycles. The fraction of sp³-hybridized carbons (Fsp3) is 0.333. The molecule has 2 rings (SSSR count). The van der Waals surface area contributed by atoms with E-state index in [2.05, 4.69) is 0 Å². The topological polar surface area (TPSA) is 26.0 Å². The van der Waals surface area contributed by atoms with Crippen LogP contribution in [-0.2, 0) is 5.54 Å². The normalized spacial score (nSPS) is 17.8. The molecule has 0 atom stereocenters. The van der Waals surface area contributed by atoms with Crippen LogP contribution in [0.5, 0.6) is 0 Å². The molecule has 0 spiro atoms. The van der Waals surface area contributed by atoms with E-state index in [9.17, 15) is 4.39 Å². The first-order chi connectivity index (χ1) is 5.63. The second-order valence-electron chi connectivity index (χ2n) is 3.26. The summed E-state index contributed by atoms with van der Waals surface area (Å²) in [6.45, 7) is 0. The number of hydrogen-bond donors (Lipinski definition) is 1. The average molecular weight is 222 g/mol. The molecule has 13 heavy (non-hydrogen) atoms. The summed E-state index contributed by atoms with van der Waals surface area (Å²) in [6, 6.07) is 4.97. The van der Waals surface area contributed by atoms with Gasteiger partial charge in [0.2, 0.25) is 0 Å². The molecule has 0 radical (unpaired) electrons. The van der Waals surface area contributed by atoms with Crippen LogP contribution in [0.1, 0.15) is 18.4 Å². The van der Waals surface area contributed by atoms with E-state index in [-0.39, 0.29) is 23.2 Å². The van der Waals surface area contributed by atoms with Crippen molar-refractivity contribution >= 4 is 24.0 Å². The lowest BCUT2D eigenvalue weighted by Crippen LogP contribution is -2.20. The van der Waals surface area contributed by atoms with Crippen LogP contribution in [0.4, 0.5) is 4.39 Å². The summed E-state index contributed by atoms with van der Waals surface area (Å²) in [4.78, 5) is 0. The van der Waals surface area contributed by atoms with Gasteiger partial charge in [0.1, 0.15) is 5.82 Å². The molecule has 0 amide bonds. The number of rotatable bonds is 1. The van der Waals surface area contributed by atoms with Crippen LogP contribution in [0, 0.1) is 5.82 Å². The maximum atomic E-state index is 13.3. The minimum Gasteiger partial charge on any atom is -0.321 e. The fourth-order valence-electron chi connectivity index (χ4n) is 1.29. The second kappa shape index (κ2) is 3.45. The Balaban J connectivity index is 0.000000845. The first-order valence-electron chi connectivity index (χ1n) is 3.87. The maximum absolute atomic E-state index is 13.3. The van der Waals surface area contributed by atoms with E-state index in [1.54, 1.807) is 12.1 Å². The van der Waals surface area contributed by atoms with Crippen LogP contribution in [-0.4, -0.2) is 0 Å². The van der Waals surface area contributed by atoms with Gasteiger partial charge < -0.3 is 5.73 Å². The van der Waals surface area contributed by atoms with Crippen LogP contribution < -0.4 is 5.73 Å². The van der Waals surface area contributed by atoms with Gasteiger partial charge in [-0.2, -0.15) is 0 Å². The van der Waals surface area contributed by atoms with Gasteiger partial charge in [0.25, 0.3) is 0 Å². The van der Waals surface area contributed by atoms with E-state index < -0.39 is 5.54 Å². The number of hydrogen-bond acceptors (Lipinski definition) is 1. The van der Waals surface area contributed by atoms with E-state index in [4.69, 9.17) is 17.3 Å². The summed E-state index contributed by atoms with van der Waals surface area (Å²) in [5.41, 5.74) is 5.95. The number of halogens is 3. The van der Waals surface area contributed by atoms with Crippen LogP contribution in [0.15, 0.2) is 18.2 Å². The Hall–Kier alpha value is -0.310. The van der Waals surface area contributed by atoms with Crippen molar-refractivity contribution in [1.29, 1.82) is 0 Å². The van der Waals surface area contributed by atoms with Crippen LogP contribution in [0.3, 0.4) is 0 Å². The molecule has 2 N–H and O–H groups in total. The summed E-state index contributed by atoms with van der Waals surface area (Å²) in [5.74, 6) is -0.362. The molecule has 0 saturated heterocycles. The molecule has 0 bridgehead atoms. The molecule has 72 valence electrons. The molecule has 0 aromatic heterocycles. The van der Waals surface area contributed by atoms with Crippen molar-refractivity contribution in [1.82, 2.24) is 0 Å². The minimum absolute atomic E-state index is 0. The molecule has 0 unspecified atom stereocenters. The van der Waals surface area contributed by atoms with Crippen LogP contribution >= 0.6 is 24.0 Å². The Morgan fingerprint density at radius 3 is 2.54 bits per heavy atom. The van der Waals surface area contributed by atoms with Crippen molar-refractivity contribution < 1.29 is 4.39 Å². The van der Waals surface area contributed by atoms with Gasteiger partial charge >= 0.3 is 0 Å². The lowest BCUT2D eigenvalue weighted by Gasteiger charge is -2.10. The minimum atomic E-state index is -0.436. The van der Waals surface area contributed by atoms with E-state index in [0.29, 0.717) is 5.56 Å². The zero-order chi connectivity index (χ0) is 8.77. The van der Waals surface area contributed by atoms with Crippen LogP contribution in [0.2, 0.25) is 5.02 Å². The van der Waals surface area contributed by atoms with Crippen molar-refractivity contribution in [2.75, 3.05) is 0 Å². The Bertz CT molecular complexity index is 323. The summed E-state index contributed by atoms with van der Waals surface area (Å²) in [6.07, 6.45) is 1.70. The standard InChI is InChI=1S/C9H9ClFN.ClH/c10-7-3-1-2-6(8(7)11)9(12)4-5-9;/h1-3H,4-5,12H2;1H. The Morgan fingerprint density at radius 1 is 1.38 bits per heavy atom.